The fourth-order valence-electron chi connectivity index (χ4n) is 2.44. The largest absolute Gasteiger partial charge is 0.358 e. The average Bonchev–Trinajstić information content (AvgIpc) is 2.81. The van der Waals surface area contributed by atoms with Crippen molar-refractivity contribution in [2.24, 2.45) is 0 Å². The molecule has 0 aromatic rings. The molecular formula is C13H28N4O. The second kappa shape index (κ2) is 7.71. The number of likely N-dealkylation sites (N-methyl/N-ethyl adjacent to an activating group) is 2. The molecule has 0 bridgehead atoms. The summed E-state index contributed by atoms with van der Waals surface area (Å²) in [5.74, 6) is 0.115. The van der Waals surface area contributed by atoms with Crippen molar-refractivity contribution in [2.45, 2.75) is 44.8 Å². The second-order valence-electron chi connectivity index (χ2n) is 5.30. The molecule has 0 radical (unpaired) electrons. The Kier molecular flexibility index (Phi) is 6.60. The number of carbonyl (C=O) groups excluding carboxylic acids is 1. The normalized spacial score (nSPS) is 23.9. The van der Waals surface area contributed by atoms with Crippen molar-refractivity contribution in [3.8, 4) is 0 Å². The molecule has 0 saturated carbocycles. The number of hydrogen-bond acceptors (Lipinski definition) is 4. The lowest BCUT2D eigenvalue weighted by atomic mass is 10.1. The summed E-state index contributed by atoms with van der Waals surface area (Å²) < 4.78 is 0. The third-order valence-electron chi connectivity index (χ3n) is 3.64. The molecule has 5 heteroatoms. The van der Waals surface area contributed by atoms with Gasteiger partial charge in [0, 0.05) is 38.8 Å². The van der Waals surface area contributed by atoms with Crippen LogP contribution in [0.4, 0.5) is 0 Å². The van der Waals surface area contributed by atoms with E-state index in [0.717, 1.165) is 32.5 Å². The molecule has 1 fully saturated rings. The number of rotatable bonds is 7. The molecule has 2 atom stereocenters. The molecule has 0 aliphatic carbocycles. The lowest BCUT2D eigenvalue weighted by Gasteiger charge is -2.29. The van der Waals surface area contributed by atoms with Crippen LogP contribution in [0.15, 0.2) is 0 Å². The Morgan fingerprint density at radius 2 is 2.11 bits per heavy atom. The maximum Gasteiger partial charge on any atom is 0.236 e. The van der Waals surface area contributed by atoms with E-state index < -0.39 is 0 Å². The molecule has 1 aliphatic heterocycles. The van der Waals surface area contributed by atoms with Crippen LogP contribution in [0.2, 0.25) is 0 Å². The van der Waals surface area contributed by atoms with Crippen LogP contribution in [0, 0.1) is 0 Å². The number of amides is 1. The van der Waals surface area contributed by atoms with Crippen LogP contribution in [0.5, 0.6) is 0 Å². The predicted molar refractivity (Wildman–Crippen MR) is 74.6 cm³/mol. The minimum atomic E-state index is -0.00156. The minimum Gasteiger partial charge on any atom is -0.358 e. The van der Waals surface area contributed by atoms with Crippen LogP contribution in [-0.2, 0) is 4.79 Å². The Hall–Kier alpha value is -0.650. The monoisotopic (exact) mass is 256 g/mol. The van der Waals surface area contributed by atoms with Crippen molar-refractivity contribution >= 4 is 5.91 Å². The molecule has 1 rings (SSSR count). The van der Waals surface area contributed by atoms with Crippen LogP contribution in [0.25, 0.3) is 0 Å². The molecule has 0 aromatic carbocycles. The zero-order chi connectivity index (χ0) is 13.5. The Labute approximate surface area is 111 Å². The van der Waals surface area contributed by atoms with Crippen LogP contribution < -0.4 is 16.0 Å². The van der Waals surface area contributed by atoms with Crippen molar-refractivity contribution in [3.63, 3.8) is 0 Å². The first-order valence-electron chi connectivity index (χ1n) is 6.94. The highest BCUT2D eigenvalue weighted by atomic mass is 16.2. The Bertz CT molecular complexity index is 257. The Balaban J connectivity index is 2.39. The van der Waals surface area contributed by atoms with Crippen LogP contribution in [0.1, 0.15) is 26.7 Å². The molecule has 1 aliphatic rings. The van der Waals surface area contributed by atoms with Gasteiger partial charge in [0.15, 0.2) is 0 Å². The molecule has 0 spiro atoms. The summed E-state index contributed by atoms with van der Waals surface area (Å²) in [7, 11) is 3.68. The predicted octanol–water partition coefficient (Wildman–Crippen LogP) is -0.217. The fraction of sp³-hybridized carbons (Fsp3) is 0.923. The highest BCUT2D eigenvalue weighted by Gasteiger charge is 2.29. The van der Waals surface area contributed by atoms with E-state index in [1.807, 2.05) is 7.05 Å². The average molecular weight is 256 g/mol. The maximum atomic E-state index is 11.6. The standard InChI is InChI=1S/C13H28N4O/c1-10(2)17(8-7-14-3)9-11-5-6-12(16-11)13(18)15-4/h10-12,14,16H,5-9H2,1-4H3,(H,15,18). The van der Waals surface area contributed by atoms with Gasteiger partial charge < -0.3 is 16.0 Å². The van der Waals surface area contributed by atoms with Gasteiger partial charge in [-0.05, 0) is 33.7 Å². The Morgan fingerprint density at radius 3 is 2.67 bits per heavy atom. The van der Waals surface area contributed by atoms with Gasteiger partial charge in [0.2, 0.25) is 5.91 Å². The van der Waals surface area contributed by atoms with E-state index in [9.17, 15) is 4.79 Å². The van der Waals surface area contributed by atoms with Gasteiger partial charge in [-0.1, -0.05) is 0 Å². The summed E-state index contributed by atoms with van der Waals surface area (Å²) in [5.41, 5.74) is 0. The SMILES string of the molecule is CNCCN(CC1CCC(C(=O)NC)N1)C(C)C. The molecule has 1 heterocycles. The summed E-state index contributed by atoms with van der Waals surface area (Å²) in [6.45, 7) is 7.52. The van der Waals surface area contributed by atoms with E-state index in [1.54, 1.807) is 7.05 Å². The van der Waals surface area contributed by atoms with Gasteiger partial charge in [-0.3, -0.25) is 9.69 Å². The number of hydrogen-bond donors (Lipinski definition) is 3. The van der Waals surface area contributed by atoms with Gasteiger partial charge in [0.25, 0.3) is 0 Å². The molecule has 18 heavy (non-hydrogen) atoms. The Morgan fingerprint density at radius 1 is 1.39 bits per heavy atom. The first-order valence-corrected chi connectivity index (χ1v) is 6.94. The molecular weight excluding hydrogens is 228 g/mol. The molecule has 2 unspecified atom stereocenters. The second-order valence-corrected chi connectivity index (χ2v) is 5.30. The van der Waals surface area contributed by atoms with Gasteiger partial charge in [0.1, 0.15) is 0 Å². The van der Waals surface area contributed by atoms with E-state index in [2.05, 4.69) is 34.7 Å². The third kappa shape index (κ3) is 4.55. The zero-order valence-corrected chi connectivity index (χ0v) is 12.1. The minimum absolute atomic E-state index is 0.00156. The van der Waals surface area contributed by atoms with E-state index in [0.29, 0.717) is 12.1 Å². The molecule has 1 amide bonds. The van der Waals surface area contributed by atoms with Gasteiger partial charge in [-0.15, -0.1) is 0 Å². The lowest BCUT2D eigenvalue weighted by molar-refractivity contribution is -0.122. The molecule has 0 aromatic heterocycles. The van der Waals surface area contributed by atoms with Crippen molar-refractivity contribution in [1.29, 1.82) is 0 Å². The third-order valence-corrected chi connectivity index (χ3v) is 3.64. The maximum absolute atomic E-state index is 11.6. The van der Waals surface area contributed by atoms with E-state index in [-0.39, 0.29) is 11.9 Å². The van der Waals surface area contributed by atoms with Crippen molar-refractivity contribution < 1.29 is 4.79 Å². The van der Waals surface area contributed by atoms with Crippen LogP contribution >= 0.6 is 0 Å². The summed E-state index contributed by atoms with van der Waals surface area (Å²) in [6.07, 6.45) is 2.03. The van der Waals surface area contributed by atoms with Crippen LogP contribution in [0.3, 0.4) is 0 Å². The summed E-state index contributed by atoms with van der Waals surface area (Å²) in [6, 6.07) is 0.976. The van der Waals surface area contributed by atoms with Crippen molar-refractivity contribution in [2.75, 3.05) is 33.7 Å². The van der Waals surface area contributed by atoms with Crippen molar-refractivity contribution in [3.05, 3.63) is 0 Å². The van der Waals surface area contributed by atoms with Gasteiger partial charge in [-0.25, -0.2) is 0 Å². The van der Waals surface area contributed by atoms with Gasteiger partial charge in [0.05, 0.1) is 6.04 Å². The topological polar surface area (TPSA) is 56.4 Å². The highest BCUT2D eigenvalue weighted by Crippen LogP contribution is 2.14. The lowest BCUT2D eigenvalue weighted by Crippen LogP contribution is -2.47. The van der Waals surface area contributed by atoms with Crippen molar-refractivity contribution in [1.82, 2.24) is 20.9 Å². The van der Waals surface area contributed by atoms with Gasteiger partial charge in [-0.2, -0.15) is 0 Å². The number of nitrogens with zero attached hydrogens (tertiary/aromatic N) is 1. The zero-order valence-electron chi connectivity index (χ0n) is 12.1. The van der Waals surface area contributed by atoms with Gasteiger partial charge >= 0.3 is 0 Å². The number of carbonyl (C=O) groups is 1. The molecule has 106 valence electrons. The summed E-state index contributed by atoms with van der Waals surface area (Å²) >= 11 is 0. The molecule has 3 N–H and O–H groups in total. The first kappa shape index (κ1) is 15.4. The number of nitrogens with one attached hydrogen (secondary N) is 3. The summed E-state index contributed by atoms with van der Waals surface area (Å²) in [4.78, 5) is 14.0. The fourth-order valence-corrected chi connectivity index (χ4v) is 2.44. The molecule has 5 nitrogen and oxygen atoms in total. The highest BCUT2D eigenvalue weighted by molar-refractivity contribution is 5.81. The first-order chi connectivity index (χ1) is 8.58. The van der Waals surface area contributed by atoms with Crippen LogP contribution in [-0.4, -0.2) is 62.7 Å². The summed E-state index contributed by atoms with van der Waals surface area (Å²) in [5, 5.41) is 9.33. The van der Waals surface area contributed by atoms with E-state index in [4.69, 9.17) is 0 Å². The van der Waals surface area contributed by atoms with E-state index in [1.165, 1.54) is 0 Å². The quantitative estimate of drug-likeness (QED) is 0.590. The smallest absolute Gasteiger partial charge is 0.236 e. The molecule has 1 saturated heterocycles. The van der Waals surface area contributed by atoms with E-state index >= 15 is 0 Å².